The minimum absolute atomic E-state index is 0.0759. The van der Waals surface area contributed by atoms with Crippen LogP contribution in [0.25, 0.3) is 0 Å². The number of hydrogen-bond acceptors (Lipinski definition) is 12. The second kappa shape index (κ2) is 47.4. The number of hydrogen-bond donors (Lipinski definition) is 0. The first-order chi connectivity index (χ1) is 33.7. The molecule has 0 spiro atoms. The highest BCUT2D eigenvalue weighted by atomic mass is 16.7. The lowest BCUT2D eigenvalue weighted by molar-refractivity contribution is -0.161. The smallest absolute Gasteiger partial charge is 0.466 e. The molecular formula is C57H103NO11. The summed E-state index contributed by atoms with van der Waals surface area (Å²) >= 11 is 0. The van der Waals surface area contributed by atoms with Crippen LogP contribution >= 0.6 is 0 Å². The van der Waals surface area contributed by atoms with Crippen LogP contribution in [-0.2, 0) is 47.5 Å². The number of ether oxygens (including phenoxy) is 7. The molecule has 0 N–H and O–H groups in total. The van der Waals surface area contributed by atoms with Crippen molar-refractivity contribution in [3.8, 4) is 0 Å². The number of likely N-dealkylation sites (tertiary alicyclic amines) is 1. The van der Waals surface area contributed by atoms with E-state index in [-0.39, 0.29) is 57.1 Å². The molecule has 0 aromatic heterocycles. The van der Waals surface area contributed by atoms with Gasteiger partial charge in [-0.1, -0.05) is 142 Å². The van der Waals surface area contributed by atoms with E-state index >= 15 is 0 Å². The maximum Gasteiger partial charge on any atom is 0.508 e. The molecule has 0 amide bonds. The average molecular weight is 978 g/mol. The molecule has 1 heterocycles. The topological polar surface area (TPSA) is 136 Å². The van der Waals surface area contributed by atoms with Crippen LogP contribution in [0.4, 0.5) is 4.79 Å². The van der Waals surface area contributed by atoms with E-state index < -0.39 is 24.3 Å². The molecule has 12 nitrogen and oxygen atoms in total. The summed E-state index contributed by atoms with van der Waals surface area (Å²) < 4.78 is 40.0. The first-order valence-electron chi connectivity index (χ1n) is 28.3. The van der Waals surface area contributed by atoms with Gasteiger partial charge in [0.15, 0.2) is 6.29 Å². The predicted octanol–water partition coefficient (Wildman–Crippen LogP) is 14.2. The Hall–Kier alpha value is -2.96. The van der Waals surface area contributed by atoms with Crippen molar-refractivity contribution >= 4 is 24.1 Å². The van der Waals surface area contributed by atoms with E-state index in [0.29, 0.717) is 45.0 Å². The lowest BCUT2D eigenvalue weighted by atomic mass is 9.92. The zero-order valence-electron chi connectivity index (χ0n) is 44.8. The molecule has 1 fully saturated rings. The van der Waals surface area contributed by atoms with Crippen LogP contribution in [-0.4, -0.2) is 101 Å². The Labute approximate surface area is 421 Å². The molecule has 1 rings (SSSR count). The molecule has 1 aliphatic heterocycles. The normalized spacial score (nSPS) is 15.2. The van der Waals surface area contributed by atoms with Crippen LogP contribution in [0.1, 0.15) is 227 Å². The Morgan fingerprint density at radius 1 is 0.507 bits per heavy atom. The molecule has 0 radical (unpaired) electrons. The Bertz CT molecular complexity index is 1270. The average Bonchev–Trinajstić information content (AvgIpc) is 3.35. The zero-order chi connectivity index (χ0) is 50.3. The van der Waals surface area contributed by atoms with E-state index in [0.717, 1.165) is 110 Å². The molecule has 0 aromatic rings. The van der Waals surface area contributed by atoms with Crippen LogP contribution in [0, 0.1) is 17.8 Å². The van der Waals surface area contributed by atoms with Crippen LogP contribution in [0.3, 0.4) is 0 Å². The summed E-state index contributed by atoms with van der Waals surface area (Å²) in [4.78, 5) is 53.4. The lowest BCUT2D eigenvalue weighted by Crippen LogP contribution is -2.37. The van der Waals surface area contributed by atoms with Crippen LogP contribution in [0.5, 0.6) is 0 Å². The summed E-state index contributed by atoms with van der Waals surface area (Å²) in [6.07, 6.45) is 36.3. The maximum absolute atomic E-state index is 13.1. The second-order valence-corrected chi connectivity index (χ2v) is 19.3. The van der Waals surface area contributed by atoms with E-state index in [1.807, 2.05) is 0 Å². The number of esters is 3. The summed E-state index contributed by atoms with van der Waals surface area (Å²) in [7, 11) is 0. The van der Waals surface area contributed by atoms with Gasteiger partial charge in [0, 0.05) is 44.9 Å². The monoisotopic (exact) mass is 978 g/mol. The molecule has 0 bridgehead atoms. The summed E-state index contributed by atoms with van der Waals surface area (Å²) in [5.74, 6) is -0.633. The van der Waals surface area contributed by atoms with Gasteiger partial charge >= 0.3 is 24.1 Å². The Kier molecular flexibility index (Phi) is 44.0. The second-order valence-electron chi connectivity index (χ2n) is 19.3. The fourth-order valence-corrected chi connectivity index (χ4v) is 8.51. The summed E-state index contributed by atoms with van der Waals surface area (Å²) in [5, 5.41) is 0. The third-order valence-electron chi connectivity index (χ3n) is 12.9. The summed E-state index contributed by atoms with van der Waals surface area (Å²) in [5.41, 5.74) is 0. The van der Waals surface area contributed by atoms with E-state index in [1.165, 1.54) is 70.6 Å². The van der Waals surface area contributed by atoms with Crippen LogP contribution in [0.15, 0.2) is 24.3 Å². The number of unbranched alkanes of at least 4 members (excludes halogenated alkanes) is 14. The van der Waals surface area contributed by atoms with Crippen molar-refractivity contribution in [2.75, 3.05) is 65.9 Å². The molecule has 1 aliphatic rings. The van der Waals surface area contributed by atoms with Crippen molar-refractivity contribution in [3.05, 3.63) is 24.3 Å². The predicted molar refractivity (Wildman–Crippen MR) is 278 cm³/mol. The Balaban J connectivity index is 2.59. The lowest BCUT2D eigenvalue weighted by Gasteiger charge is -2.31. The fraction of sp³-hybridized carbons (Fsp3) is 0.860. The number of carbonyl (C=O) groups is 4. The van der Waals surface area contributed by atoms with E-state index in [9.17, 15) is 19.2 Å². The van der Waals surface area contributed by atoms with Crippen molar-refractivity contribution in [1.82, 2.24) is 4.90 Å². The van der Waals surface area contributed by atoms with Crippen molar-refractivity contribution < 1.29 is 52.3 Å². The van der Waals surface area contributed by atoms with Gasteiger partial charge in [-0.2, -0.15) is 0 Å². The van der Waals surface area contributed by atoms with Crippen LogP contribution < -0.4 is 0 Å². The Morgan fingerprint density at radius 3 is 1.62 bits per heavy atom. The quantitative estimate of drug-likeness (QED) is 0.0189. The number of allylic oxidation sites excluding steroid dienone is 4. The highest BCUT2D eigenvalue weighted by molar-refractivity contribution is 5.70. The number of piperidine rings is 1. The van der Waals surface area contributed by atoms with Crippen molar-refractivity contribution in [2.45, 2.75) is 234 Å². The van der Waals surface area contributed by atoms with E-state index in [2.05, 4.69) is 63.8 Å². The first kappa shape index (κ1) is 64.1. The molecule has 0 aliphatic carbocycles. The highest BCUT2D eigenvalue weighted by Crippen LogP contribution is 2.23. The van der Waals surface area contributed by atoms with Gasteiger partial charge in [-0.05, 0) is 102 Å². The molecule has 12 heteroatoms. The van der Waals surface area contributed by atoms with Gasteiger partial charge in [-0.25, -0.2) is 4.79 Å². The number of nitrogens with zero attached hydrogens (tertiary/aromatic N) is 1. The van der Waals surface area contributed by atoms with Crippen molar-refractivity contribution in [2.24, 2.45) is 17.8 Å². The number of rotatable bonds is 47. The van der Waals surface area contributed by atoms with Gasteiger partial charge in [0.05, 0.1) is 25.6 Å². The Morgan fingerprint density at radius 2 is 1.04 bits per heavy atom. The van der Waals surface area contributed by atoms with Gasteiger partial charge in [-0.3, -0.25) is 14.4 Å². The van der Waals surface area contributed by atoms with E-state index in [4.69, 9.17) is 33.2 Å². The molecule has 0 aromatic carbocycles. The third kappa shape index (κ3) is 40.3. The standard InChI is InChI=1S/C57H103NO11/c1-6-11-15-19-24-30-42-64-56(65-43-31-25-20-16-12-7-2)39-38-55(61)67-48-52(49-69-57(62)68-46-51-35-32-41-58(10-5)45-51)47-66-54(60)37-29-23-22-28-36-53(59)63-44-40-50(33-26-18-14-9-4)34-27-21-17-13-8-3/h11-12,15-16,50-52,56H,6-10,13-14,17-49H2,1-5H3/b15-11-,16-12-. The van der Waals surface area contributed by atoms with Gasteiger partial charge < -0.3 is 38.1 Å². The molecule has 402 valence electrons. The minimum Gasteiger partial charge on any atom is -0.466 e. The first-order valence-corrected chi connectivity index (χ1v) is 28.3. The summed E-state index contributed by atoms with van der Waals surface area (Å²) in [6, 6.07) is 0. The number of carbonyl (C=O) groups excluding carboxylic acids is 4. The van der Waals surface area contributed by atoms with E-state index in [1.54, 1.807) is 0 Å². The SMILES string of the molecule is CC/C=C\CCCCOC(CCC(=O)OCC(COC(=O)CCCCCCC(=O)OCCC(CCCCCC)CCCCCCC)COC(=O)OCC1CCCN(CC)C1)OCCCC/C=C\CC. The largest absolute Gasteiger partial charge is 0.508 e. The third-order valence-corrected chi connectivity index (χ3v) is 12.9. The molecular weight excluding hydrogens is 875 g/mol. The molecule has 1 saturated heterocycles. The van der Waals surface area contributed by atoms with Crippen molar-refractivity contribution in [3.63, 3.8) is 0 Å². The maximum atomic E-state index is 13.1. The van der Waals surface area contributed by atoms with Gasteiger partial charge in [-0.15, -0.1) is 0 Å². The molecule has 0 saturated carbocycles. The summed E-state index contributed by atoms with van der Waals surface area (Å²) in [6.45, 7) is 15.4. The van der Waals surface area contributed by atoms with Crippen LogP contribution in [0.2, 0.25) is 0 Å². The molecule has 3 atom stereocenters. The van der Waals surface area contributed by atoms with Gasteiger partial charge in [0.1, 0.15) is 19.8 Å². The molecule has 3 unspecified atom stereocenters. The highest BCUT2D eigenvalue weighted by Gasteiger charge is 2.23. The minimum atomic E-state index is -0.787. The van der Waals surface area contributed by atoms with Gasteiger partial charge in [0.2, 0.25) is 0 Å². The van der Waals surface area contributed by atoms with Gasteiger partial charge in [0.25, 0.3) is 0 Å². The zero-order valence-corrected chi connectivity index (χ0v) is 44.8. The fourth-order valence-electron chi connectivity index (χ4n) is 8.51. The molecule has 69 heavy (non-hydrogen) atoms. The van der Waals surface area contributed by atoms with Crippen molar-refractivity contribution in [1.29, 1.82) is 0 Å².